The lowest BCUT2D eigenvalue weighted by molar-refractivity contribution is -0.129. The molecule has 0 radical (unpaired) electrons. The van der Waals surface area contributed by atoms with Gasteiger partial charge in [0.2, 0.25) is 5.91 Å². The van der Waals surface area contributed by atoms with E-state index in [2.05, 4.69) is 16.7 Å². The van der Waals surface area contributed by atoms with E-state index in [0.29, 0.717) is 11.1 Å². The summed E-state index contributed by atoms with van der Waals surface area (Å²) < 4.78 is 29.4. The van der Waals surface area contributed by atoms with Crippen molar-refractivity contribution >= 4 is 32.5 Å². The Labute approximate surface area is 156 Å². The second-order valence-corrected chi connectivity index (χ2v) is 7.35. The van der Waals surface area contributed by atoms with Crippen molar-refractivity contribution in [3.63, 3.8) is 0 Å². The van der Waals surface area contributed by atoms with Gasteiger partial charge in [-0.2, -0.15) is 0 Å². The molecule has 0 unspecified atom stereocenters. The van der Waals surface area contributed by atoms with Crippen LogP contribution < -0.4 is 10.2 Å². The van der Waals surface area contributed by atoms with Crippen molar-refractivity contribution in [3.8, 4) is 12.0 Å². The van der Waals surface area contributed by atoms with Crippen LogP contribution >= 0.6 is 0 Å². The maximum Gasteiger partial charge on any atom is 0.261 e. The lowest BCUT2D eigenvalue weighted by atomic mass is 10.2. The summed E-state index contributed by atoms with van der Waals surface area (Å²) in [7, 11) is -3.72. The molecule has 1 aromatic heterocycles. The average Bonchev–Trinajstić information content (AvgIpc) is 3.03. The Bertz CT molecular complexity index is 1130. The first-order chi connectivity index (χ1) is 13.0. The molecule has 2 aromatic carbocycles. The number of para-hydroxylation sites is 1. The number of anilines is 1. The fourth-order valence-corrected chi connectivity index (χ4v) is 3.62. The smallest absolute Gasteiger partial charge is 0.261 e. The van der Waals surface area contributed by atoms with Crippen molar-refractivity contribution in [3.05, 3.63) is 60.8 Å². The van der Waals surface area contributed by atoms with Crippen LogP contribution in [0.15, 0.2) is 65.7 Å². The first-order valence-corrected chi connectivity index (χ1v) is 9.59. The van der Waals surface area contributed by atoms with Crippen molar-refractivity contribution in [2.45, 2.75) is 17.7 Å². The lowest BCUT2D eigenvalue weighted by Crippen LogP contribution is -2.17. The van der Waals surface area contributed by atoms with Gasteiger partial charge in [-0.1, -0.05) is 42.3 Å². The van der Waals surface area contributed by atoms with Crippen LogP contribution in [0, 0.1) is 12.0 Å². The van der Waals surface area contributed by atoms with Gasteiger partial charge in [0, 0.05) is 30.5 Å². The average molecular weight is 383 g/mol. The van der Waals surface area contributed by atoms with Crippen molar-refractivity contribution in [1.29, 1.82) is 0 Å². The van der Waals surface area contributed by atoms with Crippen LogP contribution in [0.5, 0.6) is 0 Å². The van der Waals surface area contributed by atoms with E-state index < -0.39 is 15.9 Å². The van der Waals surface area contributed by atoms with Crippen LogP contribution in [-0.2, 0) is 14.8 Å². The van der Waals surface area contributed by atoms with Crippen LogP contribution in [-0.4, -0.2) is 24.1 Å². The Morgan fingerprint density at radius 2 is 1.78 bits per heavy atom. The van der Waals surface area contributed by atoms with E-state index in [1.807, 2.05) is 18.2 Å². The third-order valence-corrected chi connectivity index (χ3v) is 5.19. The highest BCUT2D eigenvalue weighted by Gasteiger charge is 2.17. The second kappa shape index (κ2) is 7.95. The van der Waals surface area contributed by atoms with Gasteiger partial charge in [0.25, 0.3) is 10.0 Å². The zero-order valence-electron chi connectivity index (χ0n) is 14.2. The molecule has 138 valence electrons. The monoisotopic (exact) mass is 383 g/mol. The number of fused-ring (bicyclic) bond motifs is 1. The van der Waals surface area contributed by atoms with E-state index in [0.717, 1.165) is 5.52 Å². The SMILES string of the molecule is O=C(CCC#Cn1cc(NS(=O)(=O)c2ccccc2)c2ccccc21)NO. The number of benzene rings is 2. The molecule has 1 amide bonds. The molecule has 0 aliphatic rings. The number of rotatable bonds is 5. The lowest BCUT2D eigenvalue weighted by Gasteiger charge is -2.06. The molecule has 0 atom stereocenters. The molecule has 7 nitrogen and oxygen atoms in total. The van der Waals surface area contributed by atoms with E-state index in [1.54, 1.807) is 40.5 Å². The number of carbonyl (C=O) groups is 1. The Morgan fingerprint density at radius 1 is 1.07 bits per heavy atom. The molecule has 27 heavy (non-hydrogen) atoms. The first-order valence-electron chi connectivity index (χ1n) is 8.11. The maximum absolute atomic E-state index is 12.6. The Hall–Kier alpha value is -3.28. The fourth-order valence-electron chi connectivity index (χ4n) is 2.53. The first kappa shape index (κ1) is 18.5. The number of hydrogen-bond acceptors (Lipinski definition) is 4. The summed E-state index contributed by atoms with van der Waals surface area (Å²) in [5, 5.41) is 9.19. The number of hydroxylamine groups is 1. The molecular formula is C19H17N3O4S. The highest BCUT2D eigenvalue weighted by Crippen LogP contribution is 2.27. The number of amides is 1. The third-order valence-electron chi connectivity index (χ3n) is 3.81. The topological polar surface area (TPSA) is 100 Å². The molecule has 3 rings (SSSR count). The normalized spacial score (nSPS) is 10.9. The van der Waals surface area contributed by atoms with E-state index >= 15 is 0 Å². The highest BCUT2D eigenvalue weighted by molar-refractivity contribution is 7.92. The van der Waals surface area contributed by atoms with Crippen LogP contribution in [0.2, 0.25) is 0 Å². The minimum absolute atomic E-state index is 0.0657. The second-order valence-electron chi connectivity index (χ2n) is 5.67. The summed E-state index contributed by atoms with van der Waals surface area (Å²) in [5.74, 6) is 2.31. The molecule has 0 fully saturated rings. The number of nitrogens with zero attached hydrogens (tertiary/aromatic N) is 1. The highest BCUT2D eigenvalue weighted by atomic mass is 32.2. The molecule has 0 aliphatic heterocycles. The zero-order chi connectivity index (χ0) is 19.3. The maximum atomic E-state index is 12.6. The number of aromatic nitrogens is 1. The fraction of sp³-hybridized carbons (Fsp3) is 0.105. The third kappa shape index (κ3) is 4.28. The Kier molecular flexibility index (Phi) is 5.45. The predicted octanol–water partition coefficient (Wildman–Crippen LogP) is 2.54. The summed E-state index contributed by atoms with van der Waals surface area (Å²) in [6.45, 7) is 0. The standard InChI is InChI=1S/C19H17N3O4S/c23-19(20-24)12-6-7-13-22-14-17(16-10-4-5-11-18(16)22)21-27(25,26)15-8-2-1-3-9-15/h1-5,8-11,14,21,24H,6,12H2,(H,20,23). The van der Waals surface area contributed by atoms with Crippen molar-refractivity contribution in [1.82, 2.24) is 10.0 Å². The summed E-state index contributed by atoms with van der Waals surface area (Å²) in [6.07, 6.45) is 1.92. The Morgan fingerprint density at radius 3 is 2.52 bits per heavy atom. The van der Waals surface area contributed by atoms with Gasteiger partial charge in [-0.3, -0.25) is 19.3 Å². The molecule has 0 aliphatic carbocycles. The molecule has 0 saturated heterocycles. The van der Waals surface area contributed by atoms with Gasteiger partial charge in [0.1, 0.15) is 0 Å². The zero-order valence-corrected chi connectivity index (χ0v) is 15.0. The van der Waals surface area contributed by atoms with E-state index in [9.17, 15) is 13.2 Å². The number of carbonyl (C=O) groups excluding carboxylic acids is 1. The molecule has 1 heterocycles. The molecule has 3 aromatic rings. The van der Waals surface area contributed by atoms with Gasteiger partial charge in [-0.05, 0) is 18.2 Å². The van der Waals surface area contributed by atoms with Gasteiger partial charge in [0.15, 0.2) is 0 Å². The van der Waals surface area contributed by atoms with Crippen LogP contribution in [0.25, 0.3) is 10.9 Å². The van der Waals surface area contributed by atoms with Gasteiger partial charge >= 0.3 is 0 Å². The van der Waals surface area contributed by atoms with Gasteiger partial charge in [0.05, 0.1) is 16.1 Å². The van der Waals surface area contributed by atoms with Crippen LogP contribution in [0.4, 0.5) is 5.69 Å². The quantitative estimate of drug-likeness (QED) is 0.358. The minimum Gasteiger partial charge on any atom is -0.289 e. The summed E-state index contributed by atoms with van der Waals surface area (Å²) in [4.78, 5) is 11.2. The molecule has 3 N–H and O–H groups in total. The van der Waals surface area contributed by atoms with Crippen molar-refractivity contribution < 1.29 is 18.4 Å². The van der Waals surface area contributed by atoms with Crippen LogP contribution in [0.3, 0.4) is 0 Å². The molecule has 8 heteroatoms. The van der Waals surface area contributed by atoms with Gasteiger partial charge in [-0.15, -0.1) is 0 Å². The number of nitrogens with one attached hydrogen (secondary N) is 2. The minimum atomic E-state index is -3.72. The summed E-state index contributed by atoms with van der Waals surface area (Å²) >= 11 is 0. The van der Waals surface area contributed by atoms with Gasteiger partial charge in [-0.25, -0.2) is 13.9 Å². The largest absolute Gasteiger partial charge is 0.289 e. The van der Waals surface area contributed by atoms with Crippen molar-refractivity contribution in [2.75, 3.05) is 4.72 Å². The van der Waals surface area contributed by atoms with E-state index in [-0.39, 0.29) is 17.7 Å². The molecule has 0 saturated carbocycles. The number of sulfonamides is 1. The number of hydrogen-bond donors (Lipinski definition) is 3. The van der Waals surface area contributed by atoms with Crippen LogP contribution in [0.1, 0.15) is 12.8 Å². The van der Waals surface area contributed by atoms with E-state index in [4.69, 9.17) is 5.21 Å². The Balaban J connectivity index is 1.91. The summed E-state index contributed by atoms with van der Waals surface area (Å²) in [5.41, 5.74) is 2.70. The molecular weight excluding hydrogens is 366 g/mol. The summed E-state index contributed by atoms with van der Waals surface area (Å²) in [6, 6.07) is 18.3. The predicted molar refractivity (Wildman–Crippen MR) is 102 cm³/mol. The molecule has 0 bridgehead atoms. The molecule has 0 spiro atoms. The van der Waals surface area contributed by atoms with Crippen molar-refractivity contribution in [2.24, 2.45) is 0 Å². The van der Waals surface area contributed by atoms with Gasteiger partial charge < -0.3 is 0 Å². The van der Waals surface area contributed by atoms with E-state index in [1.165, 1.54) is 12.1 Å².